The van der Waals surface area contributed by atoms with E-state index >= 15 is 0 Å². The molecule has 5 aromatic rings. The second kappa shape index (κ2) is 9.91. The summed E-state index contributed by atoms with van der Waals surface area (Å²) < 4.78 is 24.3. The summed E-state index contributed by atoms with van der Waals surface area (Å²) in [6.07, 6.45) is 4.72. The zero-order valence-electron chi connectivity index (χ0n) is 20.5. The topological polar surface area (TPSA) is 107 Å². The van der Waals surface area contributed by atoms with Gasteiger partial charge in [-0.1, -0.05) is 6.07 Å². The molecule has 4 aromatic heterocycles. The van der Waals surface area contributed by atoms with Gasteiger partial charge in [-0.3, -0.25) is 0 Å². The van der Waals surface area contributed by atoms with Crippen molar-refractivity contribution in [2.45, 2.75) is 20.8 Å². The van der Waals surface area contributed by atoms with Crippen molar-refractivity contribution in [2.24, 2.45) is 4.99 Å². The predicted octanol–water partition coefficient (Wildman–Crippen LogP) is 7.01. The van der Waals surface area contributed by atoms with Gasteiger partial charge >= 0.3 is 5.97 Å². The van der Waals surface area contributed by atoms with Gasteiger partial charge in [-0.05, 0) is 69.3 Å². The van der Waals surface area contributed by atoms with E-state index in [-0.39, 0.29) is 17.4 Å². The van der Waals surface area contributed by atoms with E-state index < -0.39 is 0 Å². The molecule has 0 N–H and O–H groups in total. The molecule has 0 atom stereocenters. The van der Waals surface area contributed by atoms with Crippen LogP contribution in [0.15, 0.2) is 85.4 Å². The third-order valence-corrected chi connectivity index (χ3v) is 5.92. The van der Waals surface area contributed by atoms with E-state index in [9.17, 15) is 10.1 Å². The summed E-state index contributed by atoms with van der Waals surface area (Å²) in [5.41, 5.74) is 4.73. The predicted molar refractivity (Wildman–Crippen MR) is 137 cm³/mol. The third kappa shape index (κ3) is 4.39. The minimum Gasteiger partial charge on any atom is -0.464 e. The highest BCUT2D eigenvalue weighted by atomic mass is 16.5. The molecule has 5 rings (SSSR count). The molecular formula is C29H23N3O5. The summed E-state index contributed by atoms with van der Waals surface area (Å²) in [6.45, 7) is 6.02. The molecule has 1 aromatic carbocycles. The van der Waals surface area contributed by atoms with Gasteiger partial charge in [0.1, 0.15) is 17.4 Å². The van der Waals surface area contributed by atoms with Gasteiger partial charge in [0.15, 0.2) is 11.5 Å². The molecule has 0 unspecified atom stereocenters. The van der Waals surface area contributed by atoms with Crippen LogP contribution in [0.25, 0.3) is 28.5 Å². The number of nitrogens with zero attached hydrogens (tertiary/aromatic N) is 3. The van der Waals surface area contributed by atoms with Crippen LogP contribution in [0.3, 0.4) is 0 Å². The largest absolute Gasteiger partial charge is 0.464 e. The molecule has 0 aliphatic heterocycles. The van der Waals surface area contributed by atoms with E-state index in [1.165, 1.54) is 12.5 Å². The van der Waals surface area contributed by atoms with Crippen LogP contribution in [-0.4, -0.2) is 23.4 Å². The number of aryl methyl sites for hydroxylation is 1. The first-order valence-corrected chi connectivity index (χ1v) is 11.7. The van der Waals surface area contributed by atoms with E-state index in [1.807, 2.05) is 36.6 Å². The number of carbonyl (C=O) groups is 1. The summed E-state index contributed by atoms with van der Waals surface area (Å²) in [5.74, 6) is 1.09. The summed E-state index contributed by atoms with van der Waals surface area (Å²) >= 11 is 0. The third-order valence-electron chi connectivity index (χ3n) is 5.92. The molecule has 0 saturated carbocycles. The Bertz CT molecular complexity index is 1630. The summed E-state index contributed by atoms with van der Waals surface area (Å²) in [7, 11) is 0. The lowest BCUT2D eigenvalue weighted by molar-refractivity contribution is 0.0526. The average Bonchev–Trinajstić information content (AvgIpc) is 3.69. The van der Waals surface area contributed by atoms with Crippen molar-refractivity contribution in [3.8, 4) is 34.6 Å². The van der Waals surface area contributed by atoms with Crippen molar-refractivity contribution in [2.75, 3.05) is 6.61 Å². The van der Waals surface area contributed by atoms with Crippen molar-refractivity contribution in [3.63, 3.8) is 0 Å². The number of hydrogen-bond donors (Lipinski definition) is 0. The smallest absolute Gasteiger partial charge is 0.338 e. The lowest BCUT2D eigenvalue weighted by Gasteiger charge is -2.11. The van der Waals surface area contributed by atoms with Crippen molar-refractivity contribution in [1.82, 2.24) is 4.57 Å². The Morgan fingerprint density at radius 1 is 1.08 bits per heavy atom. The van der Waals surface area contributed by atoms with Gasteiger partial charge < -0.3 is 22.6 Å². The molecule has 0 fully saturated rings. The van der Waals surface area contributed by atoms with E-state index in [1.54, 1.807) is 49.5 Å². The summed E-state index contributed by atoms with van der Waals surface area (Å²) in [5, 5.41) is 9.97. The maximum atomic E-state index is 12.2. The highest BCUT2D eigenvalue weighted by Crippen LogP contribution is 2.42. The van der Waals surface area contributed by atoms with E-state index in [4.69, 9.17) is 18.0 Å². The number of aliphatic imine (C=N–C) groups is 1. The summed E-state index contributed by atoms with van der Waals surface area (Å²) in [4.78, 5) is 16.8. The molecular weight excluding hydrogens is 470 g/mol. The molecule has 37 heavy (non-hydrogen) atoms. The van der Waals surface area contributed by atoms with Crippen LogP contribution in [0.1, 0.15) is 39.8 Å². The zero-order chi connectivity index (χ0) is 25.9. The number of furan rings is 3. The molecule has 8 nitrogen and oxygen atoms in total. The summed E-state index contributed by atoms with van der Waals surface area (Å²) in [6, 6.07) is 18.4. The first-order valence-electron chi connectivity index (χ1n) is 11.7. The Balaban J connectivity index is 1.55. The number of esters is 1. The standard InChI is InChI=1S/C29H23N3O5/c1-4-34-29(33)20-8-5-9-22(15-20)32-18(2)14-21(19(32)3)17-31-28-23(16-30)26(24-10-6-12-35-24)27(37-28)25-11-7-13-36-25/h5-15,17H,4H2,1-3H3. The average molecular weight is 494 g/mol. The highest BCUT2D eigenvalue weighted by Gasteiger charge is 2.26. The Hall–Kier alpha value is -5.03. The number of aromatic nitrogens is 1. The molecule has 4 heterocycles. The monoisotopic (exact) mass is 493 g/mol. The Kier molecular flexibility index (Phi) is 6.35. The van der Waals surface area contributed by atoms with Gasteiger partial charge in [-0.15, -0.1) is 0 Å². The fourth-order valence-corrected chi connectivity index (χ4v) is 4.28. The lowest BCUT2D eigenvalue weighted by Crippen LogP contribution is -2.06. The number of hydrogen-bond acceptors (Lipinski definition) is 7. The molecule has 0 aliphatic rings. The second-order valence-corrected chi connectivity index (χ2v) is 8.24. The normalized spacial score (nSPS) is 11.2. The zero-order valence-corrected chi connectivity index (χ0v) is 20.5. The van der Waals surface area contributed by atoms with Gasteiger partial charge in [-0.25, -0.2) is 9.79 Å². The first kappa shape index (κ1) is 23.7. The minimum absolute atomic E-state index is 0.148. The number of benzene rings is 1. The molecule has 0 bridgehead atoms. The van der Waals surface area contributed by atoms with Crippen LogP contribution in [0.2, 0.25) is 0 Å². The molecule has 184 valence electrons. The fourth-order valence-electron chi connectivity index (χ4n) is 4.28. The molecule has 0 radical (unpaired) electrons. The number of rotatable bonds is 7. The van der Waals surface area contributed by atoms with Crippen molar-refractivity contribution in [3.05, 3.63) is 95.2 Å². The van der Waals surface area contributed by atoms with Gasteiger partial charge in [0.05, 0.1) is 30.3 Å². The Labute approximate surface area is 213 Å². The van der Waals surface area contributed by atoms with Crippen LogP contribution in [-0.2, 0) is 4.74 Å². The molecule has 0 spiro atoms. The van der Waals surface area contributed by atoms with Gasteiger partial charge in [0, 0.05) is 28.9 Å². The minimum atomic E-state index is -0.366. The maximum Gasteiger partial charge on any atom is 0.338 e. The molecule has 0 saturated heterocycles. The van der Waals surface area contributed by atoms with Crippen molar-refractivity contribution < 1.29 is 22.8 Å². The number of nitriles is 1. The molecule has 0 aliphatic carbocycles. The Morgan fingerprint density at radius 3 is 2.51 bits per heavy atom. The first-order chi connectivity index (χ1) is 18.0. The van der Waals surface area contributed by atoms with E-state index in [2.05, 4.69) is 11.1 Å². The number of ether oxygens (including phenoxy) is 1. The lowest BCUT2D eigenvalue weighted by atomic mass is 10.1. The quantitative estimate of drug-likeness (QED) is 0.178. The van der Waals surface area contributed by atoms with Crippen LogP contribution in [0, 0.1) is 25.2 Å². The number of carbonyl (C=O) groups excluding carboxylic acids is 1. The Morgan fingerprint density at radius 2 is 1.84 bits per heavy atom. The van der Waals surface area contributed by atoms with Gasteiger partial charge in [0.25, 0.3) is 0 Å². The van der Waals surface area contributed by atoms with E-state index in [0.717, 1.165) is 22.6 Å². The highest BCUT2D eigenvalue weighted by molar-refractivity contribution is 5.90. The van der Waals surface area contributed by atoms with Crippen molar-refractivity contribution >= 4 is 18.1 Å². The molecule has 0 amide bonds. The fraction of sp³-hybridized carbons (Fsp3) is 0.138. The molecule has 8 heteroatoms. The van der Waals surface area contributed by atoms with Crippen LogP contribution < -0.4 is 0 Å². The van der Waals surface area contributed by atoms with Crippen LogP contribution in [0.5, 0.6) is 0 Å². The van der Waals surface area contributed by atoms with Crippen LogP contribution in [0.4, 0.5) is 5.88 Å². The maximum absolute atomic E-state index is 12.2. The van der Waals surface area contributed by atoms with E-state index in [0.29, 0.717) is 35.0 Å². The van der Waals surface area contributed by atoms with Gasteiger partial charge in [-0.2, -0.15) is 5.26 Å². The second-order valence-electron chi connectivity index (χ2n) is 8.24. The van der Waals surface area contributed by atoms with Crippen LogP contribution >= 0.6 is 0 Å². The van der Waals surface area contributed by atoms with Crippen molar-refractivity contribution in [1.29, 1.82) is 5.26 Å². The SMILES string of the molecule is CCOC(=O)c1cccc(-n2c(C)cc(C=Nc3oc(-c4ccco4)c(-c4ccco4)c3C#N)c2C)c1. The van der Waals surface area contributed by atoms with Gasteiger partial charge in [0.2, 0.25) is 5.88 Å².